The van der Waals surface area contributed by atoms with Crippen LogP contribution in [0.3, 0.4) is 0 Å². The summed E-state index contributed by atoms with van der Waals surface area (Å²) in [6.07, 6.45) is 0. The minimum Gasteiger partial charge on any atom is -0.504 e. The Labute approximate surface area is 148 Å². The molecule has 0 aliphatic carbocycles. The van der Waals surface area contributed by atoms with E-state index in [4.69, 9.17) is 11.6 Å². The van der Waals surface area contributed by atoms with Crippen LogP contribution >= 0.6 is 11.6 Å². The Morgan fingerprint density at radius 1 is 1.28 bits per heavy atom. The second-order valence-electron chi connectivity index (χ2n) is 5.29. The number of fused-ring (bicyclic) bond motifs is 1. The monoisotopic (exact) mass is 352 g/mol. The highest BCUT2D eigenvalue weighted by Crippen LogP contribution is 2.25. The molecule has 0 atom stereocenters. The average molecular weight is 353 g/mol. The molecule has 3 rings (SSSR count). The van der Waals surface area contributed by atoms with Crippen LogP contribution in [0.25, 0.3) is 16.7 Å². The number of nitrogens with one attached hydrogen (secondary N) is 1. The summed E-state index contributed by atoms with van der Waals surface area (Å²) in [7, 11) is 1.72. The van der Waals surface area contributed by atoms with Gasteiger partial charge in [-0.05, 0) is 24.3 Å². The molecule has 3 aromatic rings. The summed E-state index contributed by atoms with van der Waals surface area (Å²) in [5, 5.41) is 27.7. The topological polar surface area (TPSA) is 90.9 Å². The molecule has 0 bridgehead atoms. The van der Waals surface area contributed by atoms with Crippen LogP contribution in [0.2, 0.25) is 5.02 Å². The normalized spacial score (nSPS) is 11.7. The maximum atomic E-state index is 12.4. The summed E-state index contributed by atoms with van der Waals surface area (Å²) in [5.74, 6) is -1.21. The van der Waals surface area contributed by atoms with Crippen molar-refractivity contribution in [1.82, 2.24) is 9.78 Å². The van der Waals surface area contributed by atoms with Crippen LogP contribution < -0.4 is 5.32 Å². The molecule has 7 heteroatoms. The number of anilines is 1. The van der Waals surface area contributed by atoms with Crippen LogP contribution in [0.15, 0.2) is 54.1 Å². The lowest BCUT2D eigenvalue weighted by Crippen LogP contribution is -2.15. The van der Waals surface area contributed by atoms with E-state index in [0.29, 0.717) is 16.1 Å². The van der Waals surface area contributed by atoms with E-state index >= 15 is 0 Å². The van der Waals surface area contributed by atoms with Gasteiger partial charge in [-0.1, -0.05) is 35.9 Å². The number of aromatic nitrogens is 2. The van der Waals surface area contributed by atoms with E-state index in [1.165, 1.54) is 0 Å². The number of benzene rings is 2. The van der Waals surface area contributed by atoms with E-state index in [2.05, 4.69) is 10.4 Å². The molecule has 2 aromatic carbocycles. The van der Waals surface area contributed by atoms with Crippen molar-refractivity contribution in [2.45, 2.75) is 0 Å². The number of nitriles is 1. The number of halogens is 1. The van der Waals surface area contributed by atoms with Crippen molar-refractivity contribution in [2.24, 2.45) is 7.05 Å². The van der Waals surface area contributed by atoms with Crippen molar-refractivity contribution in [2.75, 3.05) is 5.32 Å². The number of hydrogen-bond donors (Lipinski definition) is 2. The van der Waals surface area contributed by atoms with Crippen molar-refractivity contribution < 1.29 is 9.90 Å². The van der Waals surface area contributed by atoms with Crippen LogP contribution in [-0.2, 0) is 11.8 Å². The van der Waals surface area contributed by atoms with Crippen molar-refractivity contribution >= 4 is 39.9 Å². The molecule has 124 valence electrons. The molecule has 1 heterocycles. The summed E-state index contributed by atoms with van der Waals surface area (Å²) in [4.78, 5) is 12.4. The molecular weight excluding hydrogens is 340 g/mol. The molecule has 0 radical (unpaired) electrons. The fourth-order valence-electron chi connectivity index (χ4n) is 2.48. The fourth-order valence-corrected chi connectivity index (χ4v) is 2.67. The number of rotatable bonds is 3. The average Bonchev–Trinajstić information content (AvgIpc) is 2.93. The van der Waals surface area contributed by atoms with Gasteiger partial charge in [0.05, 0.1) is 5.52 Å². The van der Waals surface area contributed by atoms with E-state index < -0.39 is 17.2 Å². The maximum Gasteiger partial charge on any atom is 0.270 e. The highest BCUT2D eigenvalue weighted by molar-refractivity contribution is 6.31. The lowest BCUT2D eigenvalue weighted by atomic mass is 10.1. The Hall–Kier alpha value is -3.30. The molecule has 0 saturated heterocycles. The van der Waals surface area contributed by atoms with Crippen LogP contribution in [0.5, 0.6) is 0 Å². The number of aliphatic hydroxyl groups excluding tert-OH is 1. The van der Waals surface area contributed by atoms with Crippen LogP contribution in [-0.4, -0.2) is 20.8 Å². The van der Waals surface area contributed by atoms with Crippen molar-refractivity contribution in [1.29, 1.82) is 5.26 Å². The van der Waals surface area contributed by atoms with Gasteiger partial charge < -0.3 is 10.4 Å². The zero-order valence-corrected chi connectivity index (χ0v) is 13.9. The number of para-hydroxylation sites is 1. The molecule has 1 amide bonds. The molecular formula is C18H13ClN4O2. The van der Waals surface area contributed by atoms with E-state index in [1.807, 2.05) is 12.1 Å². The molecule has 0 unspecified atom stereocenters. The molecule has 6 nitrogen and oxygen atoms in total. The molecule has 2 N–H and O–H groups in total. The van der Waals surface area contributed by atoms with Gasteiger partial charge in [0.2, 0.25) is 0 Å². The Kier molecular flexibility index (Phi) is 4.42. The Balaban J connectivity index is 2.03. The summed E-state index contributed by atoms with van der Waals surface area (Å²) in [5.41, 5.74) is 0.945. The zero-order chi connectivity index (χ0) is 18.0. The number of nitrogens with zero attached hydrogens (tertiary/aromatic N) is 3. The SMILES string of the molecule is Cn1nc(C(O)=C(C#N)C(=O)Nc2cccc(Cl)c2)c2ccccc21. The van der Waals surface area contributed by atoms with Crippen LogP contribution in [0.4, 0.5) is 5.69 Å². The first-order valence-corrected chi connectivity index (χ1v) is 7.71. The molecule has 1 aromatic heterocycles. The highest BCUT2D eigenvalue weighted by atomic mass is 35.5. The highest BCUT2D eigenvalue weighted by Gasteiger charge is 2.21. The van der Waals surface area contributed by atoms with Gasteiger partial charge in [0.15, 0.2) is 11.3 Å². The molecule has 0 fully saturated rings. The predicted octanol–water partition coefficient (Wildman–Crippen LogP) is 3.66. The maximum absolute atomic E-state index is 12.4. The third-order valence-corrected chi connectivity index (χ3v) is 3.88. The number of hydrogen-bond acceptors (Lipinski definition) is 4. The lowest BCUT2D eigenvalue weighted by molar-refractivity contribution is -0.112. The standard InChI is InChI=1S/C18H13ClN4O2/c1-23-15-8-3-2-7-13(15)16(22-23)17(24)14(10-20)18(25)21-12-6-4-5-11(19)9-12/h2-9,24H,1H3,(H,21,25). The van der Waals surface area contributed by atoms with Gasteiger partial charge in [-0.3, -0.25) is 9.48 Å². The van der Waals surface area contributed by atoms with Gasteiger partial charge in [-0.15, -0.1) is 0 Å². The summed E-state index contributed by atoms with van der Waals surface area (Å²) < 4.78 is 1.57. The van der Waals surface area contributed by atoms with Gasteiger partial charge in [-0.25, -0.2) is 0 Å². The summed E-state index contributed by atoms with van der Waals surface area (Å²) in [6, 6.07) is 15.5. The number of aryl methyl sites for hydroxylation is 1. The smallest absolute Gasteiger partial charge is 0.270 e. The number of aliphatic hydroxyl groups is 1. The first-order valence-electron chi connectivity index (χ1n) is 7.33. The van der Waals surface area contributed by atoms with Gasteiger partial charge in [0, 0.05) is 23.1 Å². The summed E-state index contributed by atoms with van der Waals surface area (Å²) >= 11 is 5.88. The number of amides is 1. The zero-order valence-electron chi connectivity index (χ0n) is 13.2. The fraction of sp³-hybridized carbons (Fsp3) is 0.0556. The van der Waals surface area contributed by atoms with Gasteiger partial charge in [0.1, 0.15) is 11.8 Å². The number of carbonyl (C=O) groups excluding carboxylic acids is 1. The predicted molar refractivity (Wildman–Crippen MR) is 96.0 cm³/mol. The van der Waals surface area contributed by atoms with Crippen LogP contribution in [0.1, 0.15) is 5.69 Å². The second-order valence-corrected chi connectivity index (χ2v) is 5.73. The Morgan fingerprint density at radius 2 is 2.04 bits per heavy atom. The molecule has 0 aliphatic heterocycles. The van der Waals surface area contributed by atoms with E-state index in [1.54, 1.807) is 54.2 Å². The van der Waals surface area contributed by atoms with E-state index in [9.17, 15) is 15.2 Å². The van der Waals surface area contributed by atoms with E-state index in [-0.39, 0.29) is 5.69 Å². The second kappa shape index (κ2) is 6.67. The number of carbonyl (C=O) groups is 1. The summed E-state index contributed by atoms with van der Waals surface area (Å²) in [6.45, 7) is 0. The lowest BCUT2D eigenvalue weighted by Gasteiger charge is -2.06. The third-order valence-electron chi connectivity index (χ3n) is 3.64. The minimum absolute atomic E-state index is 0.177. The van der Waals surface area contributed by atoms with Crippen molar-refractivity contribution in [3.63, 3.8) is 0 Å². The quantitative estimate of drug-likeness (QED) is 0.427. The Morgan fingerprint density at radius 3 is 2.76 bits per heavy atom. The minimum atomic E-state index is -0.739. The molecule has 25 heavy (non-hydrogen) atoms. The van der Waals surface area contributed by atoms with E-state index in [0.717, 1.165) is 5.52 Å². The Bertz CT molecular complexity index is 1050. The van der Waals surface area contributed by atoms with Gasteiger partial charge in [0.25, 0.3) is 5.91 Å². The van der Waals surface area contributed by atoms with Gasteiger partial charge in [-0.2, -0.15) is 10.4 Å². The van der Waals surface area contributed by atoms with Gasteiger partial charge >= 0.3 is 0 Å². The molecule has 0 aliphatic rings. The first-order chi connectivity index (χ1) is 12.0. The first kappa shape index (κ1) is 16.6. The largest absolute Gasteiger partial charge is 0.504 e. The molecule has 0 saturated carbocycles. The van der Waals surface area contributed by atoms with Crippen LogP contribution in [0, 0.1) is 11.3 Å². The van der Waals surface area contributed by atoms with Crippen molar-refractivity contribution in [3.05, 3.63) is 64.8 Å². The third kappa shape index (κ3) is 3.18. The molecule has 0 spiro atoms. The van der Waals surface area contributed by atoms with Crippen molar-refractivity contribution in [3.8, 4) is 6.07 Å².